The van der Waals surface area contributed by atoms with Crippen molar-refractivity contribution in [1.82, 2.24) is 19.5 Å². The van der Waals surface area contributed by atoms with E-state index in [2.05, 4.69) is 39.2 Å². The van der Waals surface area contributed by atoms with Crippen LogP contribution in [-0.2, 0) is 11.2 Å². The fourth-order valence-electron chi connectivity index (χ4n) is 4.26. The molecule has 7 nitrogen and oxygen atoms in total. The van der Waals surface area contributed by atoms with Crippen molar-refractivity contribution in [3.05, 3.63) is 59.1 Å². The molecule has 1 saturated heterocycles. The zero-order valence-corrected chi connectivity index (χ0v) is 18.2. The van der Waals surface area contributed by atoms with Crippen LogP contribution in [0.15, 0.2) is 35.6 Å². The van der Waals surface area contributed by atoms with Crippen molar-refractivity contribution in [3.8, 4) is 17.3 Å². The molecular formula is C24H26N6O. The highest BCUT2D eigenvalue weighted by Gasteiger charge is 2.28. The highest BCUT2D eigenvalue weighted by molar-refractivity contribution is 5.78. The summed E-state index contributed by atoms with van der Waals surface area (Å²) in [5.41, 5.74) is 5.83. The molecule has 1 aliphatic rings. The predicted octanol–water partition coefficient (Wildman–Crippen LogP) is 4.49. The van der Waals surface area contributed by atoms with Crippen LogP contribution in [0.1, 0.15) is 54.3 Å². The van der Waals surface area contributed by atoms with E-state index in [1.165, 1.54) is 0 Å². The van der Waals surface area contributed by atoms with Crippen LogP contribution in [0, 0.1) is 25.2 Å². The summed E-state index contributed by atoms with van der Waals surface area (Å²) in [6, 6.07) is 7.96. The number of aromatic nitrogens is 4. The number of hydrogen-bond donors (Lipinski definition) is 0. The third-order valence-corrected chi connectivity index (χ3v) is 5.71. The van der Waals surface area contributed by atoms with Crippen LogP contribution in [0.5, 0.6) is 0 Å². The fourth-order valence-corrected chi connectivity index (χ4v) is 4.26. The average Bonchev–Trinajstić information content (AvgIpc) is 3.10. The van der Waals surface area contributed by atoms with Gasteiger partial charge < -0.3 is 9.30 Å². The number of hydrogen-bond acceptors (Lipinski definition) is 6. The molecule has 158 valence electrons. The number of nitrogens with zero attached hydrogens (tertiary/aromatic N) is 6. The molecule has 0 spiro atoms. The van der Waals surface area contributed by atoms with E-state index in [1.54, 1.807) is 12.3 Å². The number of aryl methyl sites for hydroxylation is 2. The van der Waals surface area contributed by atoms with Crippen LogP contribution in [0.4, 0.5) is 5.69 Å². The summed E-state index contributed by atoms with van der Waals surface area (Å²) in [6.45, 7) is 10.5. The molecule has 0 N–H and O–H groups in total. The van der Waals surface area contributed by atoms with Crippen molar-refractivity contribution >= 4 is 12.4 Å². The Morgan fingerprint density at radius 2 is 2.13 bits per heavy atom. The van der Waals surface area contributed by atoms with Gasteiger partial charge in [-0.05, 0) is 58.5 Å². The van der Waals surface area contributed by atoms with Crippen molar-refractivity contribution in [2.75, 3.05) is 6.61 Å². The molecule has 0 unspecified atom stereocenters. The van der Waals surface area contributed by atoms with Gasteiger partial charge >= 0.3 is 0 Å². The molecule has 0 amide bonds. The lowest BCUT2D eigenvalue weighted by Crippen LogP contribution is -2.27. The topological polar surface area (TPSA) is 89.0 Å². The Kier molecular flexibility index (Phi) is 5.92. The maximum atomic E-state index is 9.47. The number of nitriles is 1. The van der Waals surface area contributed by atoms with E-state index < -0.39 is 0 Å². The first-order chi connectivity index (χ1) is 15.0. The van der Waals surface area contributed by atoms with Crippen LogP contribution in [0.2, 0.25) is 0 Å². The predicted molar refractivity (Wildman–Crippen MR) is 120 cm³/mol. The highest BCUT2D eigenvalue weighted by atomic mass is 16.5. The van der Waals surface area contributed by atoms with Crippen molar-refractivity contribution in [2.45, 2.75) is 52.2 Å². The second-order valence-corrected chi connectivity index (χ2v) is 8.02. The van der Waals surface area contributed by atoms with Gasteiger partial charge in [0.1, 0.15) is 5.82 Å². The van der Waals surface area contributed by atoms with E-state index in [4.69, 9.17) is 9.72 Å². The number of rotatable bonds is 5. The Morgan fingerprint density at radius 1 is 1.29 bits per heavy atom. The van der Waals surface area contributed by atoms with Gasteiger partial charge in [-0.3, -0.25) is 15.0 Å². The maximum Gasteiger partial charge on any atom is 0.115 e. The van der Waals surface area contributed by atoms with Gasteiger partial charge in [-0.25, -0.2) is 4.98 Å². The summed E-state index contributed by atoms with van der Waals surface area (Å²) >= 11 is 0. The smallest absolute Gasteiger partial charge is 0.115 e. The molecule has 0 radical (unpaired) electrons. The molecule has 0 aliphatic carbocycles. The molecule has 0 bridgehead atoms. The van der Waals surface area contributed by atoms with Crippen molar-refractivity contribution in [1.29, 1.82) is 5.26 Å². The third kappa shape index (κ3) is 4.25. The number of benzene rings is 1. The molecule has 1 aromatic carbocycles. The molecule has 0 saturated carbocycles. The highest BCUT2D eigenvalue weighted by Crippen LogP contribution is 2.39. The first-order valence-corrected chi connectivity index (χ1v) is 10.5. The summed E-state index contributed by atoms with van der Waals surface area (Å²) in [5, 5.41) is 9.47. The quantitative estimate of drug-likeness (QED) is 0.574. The van der Waals surface area contributed by atoms with Crippen molar-refractivity contribution in [2.24, 2.45) is 4.99 Å². The lowest BCUT2D eigenvalue weighted by Gasteiger charge is -2.31. The molecule has 3 aromatic rings. The van der Waals surface area contributed by atoms with E-state index in [-0.39, 0.29) is 12.1 Å². The Hall–Kier alpha value is -3.37. The Balaban J connectivity index is 1.89. The second-order valence-electron chi connectivity index (χ2n) is 8.02. The summed E-state index contributed by atoms with van der Waals surface area (Å²) in [5.74, 6) is 0.933. The van der Waals surface area contributed by atoms with Gasteiger partial charge in [0.05, 0.1) is 46.2 Å². The second kappa shape index (κ2) is 8.78. The summed E-state index contributed by atoms with van der Waals surface area (Å²) in [7, 11) is 0. The SMILES string of the molecule is C=Nc1ccc(C#N)cc1-c1c(C)nc(Cc2cnc(C)cn2)n1[C@@H]1CCO[C@H](C)C1. The van der Waals surface area contributed by atoms with Gasteiger partial charge in [0, 0.05) is 37.0 Å². The third-order valence-electron chi connectivity index (χ3n) is 5.71. The molecule has 1 aliphatic heterocycles. The van der Waals surface area contributed by atoms with Crippen LogP contribution >= 0.6 is 0 Å². The van der Waals surface area contributed by atoms with Crippen LogP contribution in [0.25, 0.3) is 11.3 Å². The van der Waals surface area contributed by atoms with E-state index in [1.807, 2.05) is 32.2 Å². The maximum absolute atomic E-state index is 9.47. The van der Waals surface area contributed by atoms with E-state index in [9.17, 15) is 5.26 Å². The van der Waals surface area contributed by atoms with Gasteiger partial charge in [-0.2, -0.15) is 5.26 Å². The molecule has 31 heavy (non-hydrogen) atoms. The molecular weight excluding hydrogens is 388 g/mol. The number of imidazole rings is 1. The molecule has 2 aromatic heterocycles. The molecule has 7 heteroatoms. The van der Waals surface area contributed by atoms with Gasteiger partial charge in [0.2, 0.25) is 0 Å². The summed E-state index contributed by atoms with van der Waals surface area (Å²) in [4.78, 5) is 18.1. The van der Waals surface area contributed by atoms with Crippen LogP contribution in [-0.4, -0.2) is 38.9 Å². The molecule has 3 heterocycles. The minimum Gasteiger partial charge on any atom is -0.378 e. The summed E-state index contributed by atoms with van der Waals surface area (Å²) in [6.07, 6.45) is 6.13. The zero-order chi connectivity index (χ0) is 22.0. The normalized spacial score (nSPS) is 18.5. The number of aliphatic imine (C=N–C) groups is 1. The van der Waals surface area contributed by atoms with Gasteiger partial charge in [0.25, 0.3) is 0 Å². The van der Waals surface area contributed by atoms with Crippen molar-refractivity contribution < 1.29 is 4.74 Å². The minimum atomic E-state index is 0.170. The Bertz CT molecular complexity index is 1140. The largest absolute Gasteiger partial charge is 0.378 e. The number of ether oxygens (including phenoxy) is 1. The minimum absolute atomic E-state index is 0.170. The van der Waals surface area contributed by atoms with Gasteiger partial charge in [0.15, 0.2) is 0 Å². The van der Waals surface area contributed by atoms with Gasteiger partial charge in [-0.15, -0.1) is 0 Å². The van der Waals surface area contributed by atoms with E-state index in [0.717, 1.165) is 52.7 Å². The van der Waals surface area contributed by atoms with E-state index >= 15 is 0 Å². The monoisotopic (exact) mass is 414 g/mol. The zero-order valence-electron chi connectivity index (χ0n) is 18.2. The van der Waals surface area contributed by atoms with Crippen LogP contribution in [0.3, 0.4) is 0 Å². The first-order valence-electron chi connectivity index (χ1n) is 10.5. The Labute approximate surface area is 182 Å². The molecule has 2 atom stereocenters. The lowest BCUT2D eigenvalue weighted by atomic mass is 10.00. The molecule has 4 rings (SSSR count). The average molecular weight is 415 g/mol. The lowest BCUT2D eigenvalue weighted by molar-refractivity contribution is 0.00579. The van der Waals surface area contributed by atoms with Crippen molar-refractivity contribution in [3.63, 3.8) is 0 Å². The first kappa shape index (κ1) is 20.9. The fraction of sp³-hybridized carbons (Fsp3) is 0.375. The standard InChI is InChI=1S/C24H26N6O/c1-15-13-28-19(14-27-15)11-23-29-17(3)24(30(23)20-7-8-31-16(2)9-20)21-10-18(12-25)5-6-22(21)26-4/h5-6,10,13-14,16,20H,4,7-9,11H2,1-3H3/t16-,20-/m1/s1. The van der Waals surface area contributed by atoms with E-state index in [0.29, 0.717) is 18.6 Å². The Morgan fingerprint density at radius 3 is 2.81 bits per heavy atom. The van der Waals surface area contributed by atoms with Gasteiger partial charge in [-0.1, -0.05) is 0 Å². The summed E-state index contributed by atoms with van der Waals surface area (Å²) < 4.78 is 8.11. The van der Waals surface area contributed by atoms with Crippen LogP contribution < -0.4 is 0 Å². The molecule has 1 fully saturated rings.